The van der Waals surface area contributed by atoms with Gasteiger partial charge in [-0.15, -0.1) is 11.3 Å². The maximum atomic E-state index is 12.5. The van der Waals surface area contributed by atoms with Crippen LogP contribution in [-0.4, -0.2) is 39.8 Å². The topological polar surface area (TPSA) is 103 Å². The minimum Gasteiger partial charge on any atom is -0.461 e. The monoisotopic (exact) mass is 403 g/mol. The van der Waals surface area contributed by atoms with E-state index in [0.29, 0.717) is 23.7 Å². The number of esters is 1. The highest BCUT2D eigenvalue weighted by Gasteiger charge is 2.16. The number of rotatable bonds is 9. The SMILES string of the molecule is CCCN(Cc1nc(C(=O)OCC)cs1)C(=O)C=Cc1ccc([N+](=O)[O-])cc1. The molecule has 0 saturated carbocycles. The molecule has 0 unspecified atom stereocenters. The summed E-state index contributed by atoms with van der Waals surface area (Å²) < 4.78 is 4.92. The van der Waals surface area contributed by atoms with Crippen molar-refractivity contribution in [3.05, 3.63) is 62.1 Å². The van der Waals surface area contributed by atoms with Gasteiger partial charge >= 0.3 is 5.97 Å². The van der Waals surface area contributed by atoms with E-state index in [1.54, 1.807) is 35.4 Å². The quantitative estimate of drug-likeness (QED) is 0.274. The minimum atomic E-state index is -0.476. The fourth-order valence-corrected chi connectivity index (χ4v) is 3.14. The summed E-state index contributed by atoms with van der Waals surface area (Å²) in [6, 6.07) is 5.94. The number of carbonyl (C=O) groups is 2. The first-order valence-corrected chi connectivity index (χ1v) is 9.65. The average Bonchev–Trinajstić information content (AvgIpc) is 3.15. The Morgan fingerprint density at radius 1 is 1.29 bits per heavy atom. The third-order valence-corrected chi connectivity index (χ3v) is 4.52. The number of hydrogen-bond acceptors (Lipinski definition) is 7. The van der Waals surface area contributed by atoms with E-state index in [2.05, 4.69) is 4.98 Å². The minimum absolute atomic E-state index is 0.00254. The fraction of sp³-hybridized carbons (Fsp3) is 0.316. The molecule has 0 N–H and O–H groups in total. The van der Waals surface area contributed by atoms with Crippen LogP contribution in [0.25, 0.3) is 6.08 Å². The Bertz CT molecular complexity index is 861. The normalized spacial score (nSPS) is 10.8. The second-order valence-corrected chi connectivity index (χ2v) is 6.73. The van der Waals surface area contributed by atoms with Gasteiger partial charge < -0.3 is 9.64 Å². The van der Waals surface area contributed by atoms with Gasteiger partial charge in [-0.1, -0.05) is 6.92 Å². The van der Waals surface area contributed by atoms with Gasteiger partial charge in [0.15, 0.2) is 5.69 Å². The molecule has 1 aromatic carbocycles. The molecule has 28 heavy (non-hydrogen) atoms. The van der Waals surface area contributed by atoms with Gasteiger partial charge in [0.05, 0.1) is 18.1 Å². The first-order valence-electron chi connectivity index (χ1n) is 8.77. The fourth-order valence-electron chi connectivity index (χ4n) is 2.36. The first-order chi connectivity index (χ1) is 13.4. The van der Waals surface area contributed by atoms with Crippen LogP contribution >= 0.6 is 11.3 Å². The van der Waals surface area contributed by atoms with Crippen LogP contribution in [0.15, 0.2) is 35.7 Å². The average molecular weight is 403 g/mol. The number of ether oxygens (including phenoxy) is 1. The number of benzene rings is 1. The number of hydrogen-bond donors (Lipinski definition) is 0. The van der Waals surface area contributed by atoms with Crippen LogP contribution in [0, 0.1) is 10.1 Å². The second-order valence-electron chi connectivity index (χ2n) is 5.79. The van der Waals surface area contributed by atoms with Gasteiger partial charge in [-0.2, -0.15) is 0 Å². The number of nitro benzene ring substituents is 1. The second kappa shape index (κ2) is 10.3. The van der Waals surface area contributed by atoms with Crippen molar-refractivity contribution < 1.29 is 19.2 Å². The zero-order chi connectivity index (χ0) is 20.5. The highest BCUT2D eigenvalue weighted by Crippen LogP contribution is 2.16. The van der Waals surface area contributed by atoms with Crippen molar-refractivity contribution in [2.45, 2.75) is 26.8 Å². The largest absolute Gasteiger partial charge is 0.461 e. The zero-order valence-corrected chi connectivity index (χ0v) is 16.5. The summed E-state index contributed by atoms with van der Waals surface area (Å²) in [5.41, 5.74) is 0.929. The molecule has 2 rings (SSSR count). The Morgan fingerprint density at radius 3 is 2.61 bits per heavy atom. The van der Waals surface area contributed by atoms with Crippen LogP contribution in [0.1, 0.15) is 41.3 Å². The third-order valence-electron chi connectivity index (χ3n) is 3.69. The summed E-state index contributed by atoms with van der Waals surface area (Å²) in [5, 5.41) is 13.0. The van der Waals surface area contributed by atoms with E-state index >= 15 is 0 Å². The van der Waals surface area contributed by atoms with Crippen molar-refractivity contribution in [2.75, 3.05) is 13.2 Å². The molecule has 0 spiro atoms. The molecule has 2 aromatic rings. The van der Waals surface area contributed by atoms with Crippen molar-refractivity contribution in [3.8, 4) is 0 Å². The van der Waals surface area contributed by atoms with Gasteiger partial charge in [-0.3, -0.25) is 14.9 Å². The van der Waals surface area contributed by atoms with Crippen molar-refractivity contribution in [3.63, 3.8) is 0 Å². The number of non-ortho nitro benzene ring substituents is 1. The first kappa shape index (κ1) is 21.2. The van der Waals surface area contributed by atoms with Crippen molar-refractivity contribution in [1.82, 2.24) is 9.88 Å². The third kappa shape index (κ3) is 5.98. The van der Waals surface area contributed by atoms with Crippen molar-refractivity contribution >= 4 is 35.0 Å². The Kier molecular flexibility index (Phi) is 7.82. The molecule has 8 nitrogen and oxygen atoms in total. The standard InChI is InChI=1S/C19H21N3O5S/c1-3-11-21(12-17-20-16(13-28-17)19(24)27-4-2)18(23)10-7-14-5-8-15(9-6-14)22(25)26/h5-10,13H,3-4,11-12H2,1-2H3. The Balaban J connectivity index is 2.05. The molecule has 0 atom stereocenters. The van der Waals surface area contributed by atoms with Gasteiger partial charge in [-0.25, -0.2) is 9.78 Å². The van der Waals surface area contributed by atoms with Crippen LogP contribution in [0.4, 0.5) is 5.69 Å². The molecule has 0 fully saturated rings. The summed E-state index contributed by atoms with van der Waals surface area (Å²) in [6.07, 6.45) is 3.81. The molecule has 0 aliphatic rings. The molecule has 0 bridgehead atoms. The summed E-state index contributed by atoms with van der Waals surface area (Å²) >= 11 is 1.30. The Hall–Kier alpha value is -3.07. The lowest BCUT2D eigenvalue weighted by Gasteiger charge is -2.19. The van der Waals surface area contributed by atoms with Gasteiger partial charge in [0, 0.05) is 30.1 Å². The molecule has 1 amide bonds. The van der Waals surface area contributed by atoms with E-state index in [1.165, 1.54) is 29.5 Å². The molecular formula is C19H21N3O5S. The molecule has 0 radical (unpaired) electrons. The predicted molar refractivity (Wildman–Crippen MR) is 106 cm³/mol. The maximum absolute atomic E-state index is 12.5. The molecule has 1 heterocycles. The van der Waals surface area contributed by atoms with E-state index in [0.717, 1.165) is 6.42 Å². The summed E-state index contributed by atoms with van der Waals surface area (Å²) in [4.78, 5) is 40.4. The highest BCUT2D eigenvalue weighted by molar-refractivity contribution is 7.09. The maximum Gasteiger partial charge on any atom is 0.357 e. The molecule has 0 saturated heterocycles. The van der Waals surface area contributed by atoms with Crippen LogP contribution in [-0.2, 0) is 16.1 Å². The highest BCUT2D eigenvalue weighted by atomic mass is 32.1. The predicted octanol–water partition coefficient (Wildman–Crippen LogP) is 3.68. The number of thiazole rings is 1. The molecule has 0 aliphatic heterocycles. The van der Waals surface area contributed by atoms with Gasteiger partial charge in [-0.05, 0) is 37.1 Å². The van der Waals surface area contributed by atoms with Crippen molar-refractivity contribution in [1.29, 1.82) is 0 Å². The van der Waals surface area contributed by atoms with Gasteiger partial charge in [0.25, 0.3) is 5.69 Å². The zero-order valence-electron chi connectivity index (χ0n) is 15.7. The number of aromatic nitrogens is 1. The summed E-state index contributed by atoms with van der Waals surface area (Å²) in [5.74, 6) is -0.676. The molecular weight excluding hydrogens is 382 g/mol. The van der Waals surface area contributed by atoms with Crippen molar-refractivity contribution in [2.24, 2.45) is 0 Å². The molecule has 9 heteroatoms. The van der Waals surface area contributed by atoms with Crippen LogP contribution in [0.2, 0.25) is 0 Å². The van der Waals surface area contributed by atoms with E-state index < -0.39 is 10.9 Å². The van der Waals surface area contributed by atoms with Crippen LogP contribution in [0.5, 0.6) is 0 Å². The van der Waals surface area contributed by atoms with E-state index in [4.69, 9.17) is 4.74 Å². The molecule has 1 aromatic heterocycles. The lowest BCUT2D eigenvalue weighted by molar-refractivity contribution is -0.384. The Morgan fingerprint density at radius 2 is 2.00 bits per heavy atom. The van der Waals surface area contributed by atoms with E-state index in [9.17, 15) is 19.7 Å². The van der Waals surface area contributed by atoms with Crippen LogP contribution in [0.3, 0.4) is 0 Å². The smallest absolute Gasteiger partial charge is 0.357 e. The van der Waals surface area contributed by atoms with Gasteiger partial charge in [0.2, 0.25) is 5.91 Å². The molecule has 0 aliphatic carbocycles. The number of amides is 1. The number of nitro groups is 1. The van der Waals surface area contributed by atoms with E-state index in [-0.39, 0.29) is 23.9 Å². The number of nitrogens with zero attached hydrogens (tertiary/aromatic N) is 3. The van der Waals surface area contributed by atoms with Gasteiger partial charge in [0.1, 0.15) is 5.01 Å². The Labute approximate surface area is 166 Å². The summed E-state index contributed by atoms with van der Waals surface area (Å²) in [6.45, 7) is 4.80. The number of carbonyl (C=O) groups excluding carboxylic acids is 2. The lowest BCUT2D eigenvalue weighted by atomic mass is 10.2. The summed E-state index contributed by atoms with van der Waals surface area (Å²) in [7, 11) is 0. The van der Waals surface area contributed by atoms with E-state index in [1.807, 2.05) is 6.92 Å². The molecule has 148 valence electrons. The van der Waals surface area contributed by atoms with Crippen LogP contribution < -0.4 is 0 Å². The lowest BCUT2D eigenvalue weighted by Crippen LogP contribution is -2.29.